The van der Waals surface area contributed by atoms with Crippen molar-refractivity contribution in [1.82, 2.24) is 0 Å². The molecule has 2 atom stereocenters. The van der Waals surface area contributed by atoms with Crippen molar-refractivity contribution in [3.05, 3.63) is 34.6 Å². The van der Waals surface area contributed by atoms with Crippen molar-refractivity contribution in [1.29, 1.82) is 0 Å². The largest absolute Gasteiger partial charge is 0.303 e. The van der Waals surface area contributed by atoms with Crippen LogP contribution in [0, 0.1) is 11.7 Å². The SMILES string of the molecule is O=CC1CC1c1c(F)cccc1Cl. The van der Waals surface area contributed by atoms with Crippen LogP contribution in [0.25, 0.3) is 0 Å². The third-order valence-corrected chi connectivity index (χ3v) is 2.71. The fourth-order valence-corrected chi connectivity index (χ4v) is 1.87. The first kappa shape index (κ1) is 8.70. The monoisotopic (exact) mass is 198 g/mol. The van der Waals surface area contributed by atoms with Crippen LogP contribution in [0.2, 0.25) is 5.02 Å². The van der Waals surface area contributed by atoms with Gasteiger partial charge in [0.1, 0.15) is 12.1 Å². The predicted octanol–water partition coefficient (Wildman–Crippen LogP) is 2.78. The lowest BCUT2D eigenvalue weighted by molar-refractivity contribution is -0.108. The van der Waals surface area contributed by atoms with Crippen molar-refractivity contribution in [2.45, 2.75) is 12.3 Å². The minimum absolute atomic E-state index is 0.00574. The molecule has 0 amide bonds. The van der Waals surface area contributed by atoms with Gasteiger partial charge in [0.2, 0.25) is 0 Å². The molecule has 0 aromatic heterocycles. The summed E-state index contributed by atoms with van der Waals surface area (Å²) in [4.78, 5) is 10.4. The van der Waals surface area contributed by atoms with Crippen LogP contribution in [-0.2, 0) is 4.79 Å². The summed E-state index contributed by atoms with van der Waals surface area (Å²) < 4.78 is 13.3. The normalized spacial score (nSPS) is 25.7. The Kier molecular flexibility index (Phi) is 2.08. The van der Waals surface area contributed by atoms with Gasteiger partial charge in [0, 0.05) is 16.5 Å². The van der Waals surface area contributed by atoms with E-state index in [1.54, 1.807) is 12.1 Å². The molecule has 1 fully saturated rings. The van der Waals surface area contributed by atoms with Gasteiger partial charge in [-0.1, -0.05) is 17.7 Å². The Morgan fingerprint density at radius 1 is 1.54 bits per heavy atom. The molecule has 68 valence electrons. The highest BCUT2D eigenvalue weighted by atomic mass is 35.5. The summed E-state index contributed by atoms with van der Waals surface area (Å²) >= 11 is 5.83. The van der Waals surface area contributed by atoms with Crippen LogP contribution in [-0.4, -0.2) is 6.29 Å². The molecule has 3 heteroatoms. The first-order valence-electron chi connectivity index (χ1n) is 4.13. The van der Waals surface area contributed by atoms with Gasteiger partial charge in [0.05, 0.1) is 0 Å². The maximum absolute atomic E-state index is 13.3. The first-order chi connectivity index (χ1) is 6.24. The molecule has 2 unspecified atom stereocenters. The van der Waals surface area contributed by atoms with E-state index in [2.05, 4.69) is 0 Å². The number of carbonyl (C=O) groups is 1. The van der Waals surface area contributed by atoms with Crippen molar-refractivity contribution in [2.75, 3.05) is 0 Å². The van der Waals surface area contributed by atoms with Crippen molar-refractivity contribution < 1.29 is 9.18 Å². The van der Waals surface area contributed by atoms with Crippen LogP contribution >= 0.6 is 11.6 Å². The second-order valence-corrected chi connectivity index (χ2v) is 3.68. The number of aldehydes is 1. The van der Waals surface area contributed by atoms with Gasteiger partial charge in [-0.2, -0.15) is 0 Å². The Bertz CT molecular complexity index is 331. The van der Waals surface area contributed by atoms with Crippen LogP contribution in [0.3, 0.4) is 0 Å². The molecule has 1 saturated carbocycles. The summed E-state index contributed by atoms with van der Waals surface area (Å²) in [6.45, 7) is 0. The fraction of sp³-hybridized carbons (Fsp3) is 0.300. The highest BCUT2D eigenvalue weighted by molar-refractivity contribution is 6.31. The van der Waals surface area contributed by atoms with E-state index in [0.29, 0.717) is 10.6 Å². The number of carbonyl (C=O) groups excluding carboxylic acids is 1. The second-order valence-electron chi connectivity index (χ2n) is 3.28. The van der Waals surface area contributed by atoms with Gasteiger partial charge in [-0.05, 0) is 24.5 Å². The number of benzene rings is 1. The van der Waals surface area contributed by atoms with Gasteiger partial charge in [-0.3, -0.25) is 0 Å². The minimum Gasteiger partial charge on any atom is -0.303 e. The number of hydrogen-bond donors (Lipinski definition) is 0. The summed E-state index contributed by atoms with van der Waals surface area (Å²) in [6, 6.07) is 4.60. The average Bonchev–Trinajstić information content (AvgIpc) is 2.83. The minimum atomic E-state index is -0.304. The molecule has 0 radical (unpaired) electrons. The molecule has 1 aliphatic carbocycles. The molecule has 0 spiro atoms. The molecular formula is C10H8ClFO. The molecule has 0 saturated heterocycles. The topological polar surface area (TPSA) is 17.1 Å². The van der Waals surface area contributed by atoms with Gasteiger partial charge in [-0.25, -0.2) is 4.39 Å². The maximum Gasteiger partial charge on any atom is 0.128 e. The lowest BCUT2D eigenvalue weighted by atomic mass is 10.1. The standard InChI is InChI=1S/C10H8ClFO/c11-8-2-1-3-9(12)10(8)7-4-6(7)5-13/h1-3,5-7H,4H2. The summed E-state index contributed by atoms with van der Waals surface area (Å²) in [5, 5.41) is 0.425. The summed E-state index contributed by atoms with van der Waals surface area (Å²) in [5.41, 5.74) is 0.501. The van der Waals surface area contributed by atoms with E-state index in [1.165, 1.54) is 6.07 Å². The summed E-state index contributed by atoms with van der Waals surface area (Å²) in [6.07, 6.45) is 1.59. The number of rotatable bonds is 2. The van der Waals surface area contributed by atoms with Crippen LogP contribution in [0.15, 0.2) is 18.2 Å². The fourth-order valence-electron chi connectivity index (χ4n) is 1.56. The summed E-state index contributed by atoms with van der Waals surface area (Å²) in [7, 11) is 0. The molecule has 1 aromatic rings. The molecule has 13 heavy (non-hydrogen) atoms. The zero-order chi connectivity index (χ0) is 9.42. The molecule has 0 heterocycles. The van der Waals surface area contributed by atoms with Crippen molar-refractivity contribution >= 4 is 17.9 Å². The van der Waals surface area contributed by atoms with Crippen LogP contribution < -0.4 is 0 Å². The Hall–Kier alpha value is -0.890. The second kappa shape index (κ2) is 3.11. The van der Waals surface area contributed by atoms with E-state index in [4.69, 9.17) is 11.6 Å². The molecule has 0 N–H and O–H groups in total. The molecule has 1 aliphatic rings. The van der Waals surface area contributed by atoms with Gasteiger partial charge < -0.3 is 4.79 Å². The van der Waals surface area contributed by atoms with Crippen molar-refractivity contribution in [3.63, 3.8) is 0 Å². The van der Waals surface area contributed by atoms with E-state index < -0.39 is 0 Å². The lowest BCUT2D eigenvalue weighted by Gasteiger charge is -2.02. The van der Waals surface area contributed by atoms with Gasteiger partial charge in [0.15, 0.2) is 0 Å². The van der Waals surface area contributed by atoms with E-state index in [9.17, 15) is 9.18 Å². The Labute approximate surface area is 80.5 Å². The van der Waals surface area contributed by atoms with E-state index in [0.717, 1.165) is 12.7 Å². The molecule has 2 rings (SSSR count). The average molecular weight is 199 g/mol. The third-order valence-electron chi connectivity index (χ3n) is 2.39. The smallest absolute Gasteiger partial charge is 0.128 e. The van der Waals surface area contributed by atoms with Crippen LogP contribution in [0.1, 0.15) is 17.9 Å². The van der Waals surface area contributed by atoms with Crippen LogP contribution in [0.5, 0.6) is 0 Å². The highest BCUT2D eigenvalue weighted by Crippen LogP contribution is 2.49. The Morgan fingerprint density at radius 3 is 2.85 bits per heavy atom. The molecule has 1 aromatic carbocycles. The zero-order valence-corrected chi connectivity index (χ0v) is 7.59. The quantitative estimate of drug-likeness (QED) is 0.668. The summed E-state index contributed by atoms with van der Waals surface area (Å²) in [5.74, 6) is -0.331. The van der Waals surface area contributed by atoms with Gasteiger partial charge >= 0.3 is 0 Å². The predicted molar refractivity (Wildman–Crippen MR) is 48.3 cm³/mol. The molecule has 1 nitrogen and oxygen atoms in total. The van der Waals surface area contributed by atoms with E-state index in [-0.39, 0.29) is 17.7 Å². The highest BCUT2D eigenvalue weighted by Gasteiger charge is 2.40. The number of hydrogen-bond acceptors (Lipinski definition) is 1. The Morgan fingerprint density at radius 2 is 2.31 bits per heavy atom. The molecule has 0 bridgehead atoms. The van der Waals surface area contributed by atoms with Gasteiger partial charge in [0.25, 0.3) is 0 Å². The molecule has 0 aliphatic heterocycles. The van der Waals surface area contributed by atoms with E-state index >= 15 is 0 Å². The van der Waals surface area contributed by atoms with Gasteiger partial charge in [-0.15, -0.1) is 0 Å². The van der Waals surface area contributed by atoms with E-state index in [1.807, 2.05) is 0 Å². The lowest BCUT2D eigenvalue weighted by Crippen LogP contribution is -1.91. The van der Waals surface area contributed by atoms with Crippen molar-refractivity contribution in [2.24, 2.45) is 5.92 Å². The third kappa shape index (κ3) is 1.46. The van der Waals surface area contributed by atoms with Crippen LogP contribution in [0.4, 0.5) is 4.39 Å². The maximum atomic E-state index is 13.3. The first-order valence-corrected chi connectivity index (χ1v) is 4.51. The number of halogens is 2. The van der Waals surface area contributed by atoms with Crippen molar-refractivity contribution in [3.8, 4) is 0 Å². The Balaban J connectivity index is 2.35. The molecular weight excluding hydrogens is 191 g/mol. The zero-order valence-electron chi connectivity index (χ0n) is 6.84.